The predicted molar refractivity (Wildman–Crippen MR) is 78.1 cm³/mol. The van der Waals surface area contributed by atoms with Crippen LogP contribution in [-0.4, -0.2) is 42.3 Å². The van der Waals surface area contributed by atoms with Crippen molar-refractivity contribution in [1.29, 1.82) is 0 Å². The number of carbonyl (C=O) groups is 1. The van der Waals surface area contributed by atoms with Crippen molar-refractivity contribution in [3.63, 3.8) is 0 Å². The van der Waals surface area contributed by atoms with E-state index in [0.717, 1.165) is 45.1 Å². The van der Waals surface area contributed by atoms with E-state index in [-0.39, 0.29) is 12.4 Å². The first-order chi connectivity index (χ1) is 9.97. The van der Waals surface area contributed by atoms with Gasteiger partial charge in [-0.2, -0.15) is 0 Å². The fourth-order valence-electron chi connectivity index (χ4n) is 2.94. The zero-order chi connectivity index (χ0) is 15.3. The van der Waals surface area contributed by atoms with Crippen LogP contribution in [0.1, 0.15) is 58.8 Å². The quantitative estimate of drug-likeness (QED) is 0.817. The highest BCUT2D eigenvalue weighted by atomic mass is 16.7. The lowest BCUT2D eigenvalue weighted by Gasteiger charge is -2.34. The minimum absolute atomic E-state index is 0.0427. The summed E-state index contributed by atoms with van der Waals surface area (Å²) in [6.45, 7) is 4.49. The van der Waals surface area contributed by atoms with Crippen molar-refractivity contribution < 1.29 is 24.1 Å². The molecule has 5 heteroatoms. The van der Waals surface area contributed by atoms with Gasteiger partial charge in [-0.15, -0.1) is 0 Å². The monoisotopic (exact) mass is 300 g/mol. The van der Waals surface area contributed by atoms with E-state index in [2.05, 4.69) is 0 Å². The van der Waals surface area contributed by atoms with Gasteiger partial charge >= 0.3 is 5.97 Å². The Morgan fingerprint density at radius 1 is 1.24 bits per heavy atom. The van der Waals surface area contributed by atoms with Gasteiger partial charge in [-0.05, 0) is 58.3 Å². The third-order valence-corrected chi connectivity index (χ3v) is 4.41. The van der Waals surface area contributed by atoms with E-state index < -0.39 is 11.6 Å². The first kappa shape index (κ1) is 16.7. The van der Waals surface area contributed by atoms with Crippen LogP contribution in [0, 0.1) is 5.92 Å². The highest BCUT2D eigenvalue weighted by Crippen LogP contribution is 2.30. The molecule has 1 heterocycles. The number of carboxylic acids is 1. The Kier molecular flexibility index (Phi) is 6.02. The predicted octanol–water partition coefficient (Wildman–Crippen LogP) is 2.97. The lowest BCUT2D eigenvalue weighted by molar-refractivity contribution is -0.198. The Morgan fingerprint density at radius 2 is 2.05 bits per heavy atom. The molecule has 0 bridgehead atoms. The molecule has 122 valence electrons. The van der Waals surface area contributed by atoms with E-state index in [1.54, 1.807) is 13.8 Å². The van der Waals surface area contributed by atoms with E-state index in [1.165, 1.54) is 6.42 Å². The normalized spacial score (nSPS) is 31.0. The number of aliphatic carboxylic acids is 1. The molecule has 2 rings (SSSR count). The third-order valence-electron chi connectivity index (χ3n) is 4.41. The van der Waals surface area contributed by atoms with Gasteiger partial charge in [0.15, 0.2) is 11.9 Å². The third kappa shape index (κ3) is 5.24. The van der Waals surface area contributed by atoms with Crippen LogP contribution in [0.4, 0.5) is 0 Å². The second-order valence-electron chi connectivity index (χ2n) is 6.71. The van der Waals surface area contributed by atoms with Crippen molar-refractivity contribution in [1.82, 2.24) is 0 Å². The first-order valence-corrected chi connectivity index (χ1v) is 8.12. The number of ether oxygens (including phenoxy) is 3. The van der Waals surface area contributed by atoms with Crippen LogP contribution in [0.2, 0.25) is 0 Å². The minimum Gasteiger partial charge on any atom is -0.479 e. The maximum Gasteiger partial charge on any atom is 0.335 e. The second kappa shape index (κ2) is 7.56. The molecule has 1 saturated carbocycles. The largest absolute Gasteiger partial charge is 0.479 e. The van der Waals surface area contributed by atoms with E-state index in [1.807, 2.05) is 0 Å². The molecule has 21 heavy (non-hydrogen) atoms. The van der Waals surface area contributed by atoms with Crippen molar-refractivity contribution in [3.8, 4) is 0 Å². The Labute approximate surface area is 126 Å². The minimum atomic E-state index is -1.11. The Balaban J connectivity index is 1.74. The molecule has 1 aliphatic carbocycles. The molecule has 0 aromatic heterocycles. The molecule has 2 unspecified atom stereocenters. The summed E-state index contributed by atoms with van der Waals surface area (Å²) in [4.78, 5) is 11.1. The van der Waals surface area contributed by atoms with Crippen LogP contribution in [0.25, 0.3) is 0 Å². The lowest BCUT2D eigenvalue weighted by Crippen LogP contribution is -2.38. The molecule has 0 radical (unpaired) electrons. The molecule has 2 aliphatic rings. The summed E-state index contributed by atoms with van der Waals surface area (Å²) in [6, 6.07) is 0. The van der Waals surface area contributed by atoms with Gasteiger partial charge < -0.3 is 19.3 Å². The smallest absolute Gasteiger partial charge is 0.335 e. The van der Waals surface area contributed by atoms with Gasteiger partial charge in [-0.25, -0.2) is 4.79 Å². The molecular weight excluding hydrogens is 272 g/mol. The topological polar surface area (TPSA) is 65.0 Å². The van der Waals surface area contributed by atoms with Gasteiger partial charge in [-0.1, -0.05) is 6.42 Å². The molecule has 5 nitrogen and oxygen atoms in total. The van der Waals surface area contributed by atoms with E-state index in [9.17, 15) is 4.79 Å². The van der Waals surface area contributed by atoms with Gasteiger partial charge in [0.25, 0.3) is 0 Å². The number of carboxylic acid groups (broad SMARTS) is 1. The van der Waals surface area contributed by atoms with Gasteiger partial charge in [0.1, 0.15) is 0 Å². The Hall–Kier alpha value is -0.650. The zero-order valence-corrected chi connectivity index (χ0v) is 13.2. The van der Waals surface area contributed by atoms with Gasteiger partial charge in [-0.3, -0.25) is 0 Å². The summed E-state index contributed by atoms with van der Waals surface area (Å²) in [5.41, 5.74) is -1.11. The van der Waals surface area contributed by atoms with Gasteiger partial charge in [0.2, 0.25) is 0 Å². The zero-order valence-electron chi connectivity index (χ0n) is 13.2. The highest BCUT2D eigenvalue weighted by molar-refractivity contribution is 5.76. The van der Waals surface area contributed by atoms with Crippen molar-refractivity contribution in [2.24, 2.45) is 5.92 Å². The van der Waals surface area contributed by atoms with Crippen LogP contribution in [0.5, 0.6) is 0 Å². The molecule has 3 atom stereocenters. The van der Waals surface area contributed by atoms with Crippen molar-refractivity contribution >= 4 is 5.97 Å². The number of rotatable bonds is 6. The van der Waals surface area contributed by atoms with Crippen LogP contribution in [0.15, 0.2) is 0 Å². The molecule has 2 fully saturated rings. The van der Waals surface area contributed by atoms with Gasteiger partial charge in [0, 0.05) is 6.61 Å². The average molecular weight is 300 g/mol. The molecule has 0 aromatic carbocycles. The molecule has 1 aliphatic heterocycles. The Bertz CT molecular complexity index is 336. The Morgan fingerprint density at radius 3 is 2.71 bits per heavy atom. The summed E-state index contributed by atoms with van der Waals surface area (Å²) in [6.07, 6.45) is 7.68. The molecule has 0 spiro atoms. The SMILES string of the molecule is CC(C)(OCC1CCC[C@H](OC2CCCCO2)C1)C(=O)O. The summed E-state index contributed by atoms with van der Waals surface area (Å²) < 4.78 is 17.3. The molecule has 1 N–H and O–H groups in total. The van der Waals surface area contributed by atoms with Crippen LogP contribution >= 0.6 is 0 Å². The summed E-state index contributed by atoms with van der Waals surface area (Å²) in [5, 5.41) is 9.07. The lowest BCUT2D eigenvalue weighted by atomic mass is 9.87. The second-order valence-corrected chi connectivity index (χ2v) is 6.71. The number of hydrogen-bond donors (Lipinski definition) is 1. The van der Waals surface area contributed by atoms with Crippen molar-refractivity contribution in [2.75, 3.05) is 13.2 Å². The van der Waals surface area contributed by atoms with E-state index in [0.29, 0.717) is 12.5 Å². The van der Waals surface area contributed by atoms with Gasteiger partial charge in [0.05, 0.1) is 12.7 Å². The molecule has 0 aromatic rings. The molecular formula is C16H28O5. The summed E-state index contributed by atoms with van der Waals surface area (Å²) in [5.74, 6) is -0.535. The fourth-order valence-corrected chi connectivity index (χ4v) is 2.94. The van der Waals surface area contributed by atoms with Crippen LogP contribution in [0.3, 0.4) is 0 Å². The van der Waals surface area contributed by atoms with E-state index in [4.69, 9.17) is 19.3 Å². The number of hydrogen-bond acceptors (Lipinski definition) is 4. The standard InChI is InChI=1S/C16H28O5/c1-16(2,15(17)18)20-11-12-6-5-7-13(10-12)21-14-8-3-4-9-19-14/h12-14H,3-11H2,1-2H3,(H,17,18)/t12?,13-,14?/m0/s1. The van der Waals surface area contributed by atoms with Crippen LogP contribution < -0.4 is 0 Å². The summed E-state index contributed by atoms with van der Waals surface area (Å²) >= 11 is 0. The highest BCUT2D eigenvalue weighted by Gasteiger charge is 2.31. The first-order valence-electron chi connectivity index (χ1n) is 8.12. The van der Waals surface area contributed by atoms with Crippen molar-refractivity contribution in [3.05, 3.63) is 0 Å². The summed E-state index contributed by atoms with van der Waals surface area (Å²) in [7, 11) is 0. The molecule has 0 amide bonds. The maximum atomic E-state index is 11.1. The van der Waals surface area contributed by atoms with Crippen molar-refractivity contribution in [2.45, 2.75) is 76.8 Å². The van der Waals surface area contributed by atoms with Crippen LogP contribution in [-0.2, 0) is 19.0 Å². The van der Waals surface area contributed by atoms with E-state index >= 15 is 0 Å². The fraction of sp³-hybridized carbons (Fsp3) is 0.938. The molecule has 1 saturated heterocycles. The maximum absolute atomic E-state index is 11.1. The average Bonchev–Trinajstić information content (AvgIpc) is 2.47.